The average molecular weight is 340 g/mol. The molecule has 5 heteroatoms. The van der Waals surface area contributed by atoms with Gasteiger partial charge < -0.3 is 9.80 Å². The molecule has 0 spiro atoms. The Bertz CT molecular complexity index is 791. The van der Waals surface area contributed by atoms with E-state index in [9.17, 15) is 14.0 Å². The van der Waals surface area contributed by atoms with Crippen LogP contribution in [-0.4, -0.2) is 24.9 Å². The van der Waals surface area contributed by atoms with Crippen molar-refractivity contribution < 1.29 is 14.0 Å². The summed E-state index contributed by atoms with van der Waals surface area (Å²) in [6.07, 6.45) is 2.05. The van der Waals surface area contributed by atoms with E-state index in [4.69, 9.17) is 0 Å². The number of carbonyl (C=O) groups is 2. The molecule has 1 aliphatic rings. The number of benzene rings is 2. The van der Waals surface area contributed by atoms with Crippen molar-refractivity contribution in [2.75, 3.05) is 22.9 Å². The molecule has 2 aromatic carbocycles. The Hall–Kier alpha value is -2.69. The Morgan fingerprint density at radius 1 is 1.12 bits per heavy atom. The molecular formula is C20H21FN2O2. The molecule has 2 amide bonds. The first-order chi connectivity index (χ1) is 12.1. The fourth-order valence-corrected chi connectivity index (χ4v) is 3.25. The van der Waals surface area contributed by atoms with Gasteiger partial charge in [0.25, 0.3) is 0 Å². The monoisotopic (exact) mass is 340 g/mol. The summed E-state index contributed by atoms with van der Waals surface area (Å²) < 4.78 is 14.0. The van der Waals surface area contributed by atoms with Crippen LogP contribution in [-0.2, 0) is 16.0 Å². The maximum absolute atomic E-state index is 14.0. The zero-order valence-corrected chi connectivity index (χ0v) is 14.2. The van der Waals surface area contributed by atoms with Gasteiger partial charge in [0.2, 0.25) is 11.8 Å². The van der Waals surface area contributed by atoms with E-state index >= 15 is 0 Å². The number of hydrogen-bond acceptors (Lipinski definition) is 2. The van der Waals surface area contributed by atoms with Gasteiger partial charge in [0.15, 0.2) is 0 Å². The van der Waals surface area contributed by atoms with Gasteiger partial charge in [-0.05, 0) is 36.6 Å². The maximum atomic E-state index is 14.0. The summed E-state index contributed by atoms with van der Waals surface area (Å²) in [5.41, 5.74) is 2.32. The van der Waals surface area contributed by atoms with Gasteiger partial charge in [0, 0.05) is 32.1 Å². The molecule has 2 aromatic rings. The van der Waals surface area contributed by atoms with Crippen molar-refractivity contribution in [1.82, 2.24) is 0 Å². The first-order valence-electron chi connectivity index (χ1n) is 8.49. The lowest BCUT2D eigenvalue weighted by Gasteiger charge is -2.30. The highest BCUT2D eigenvalue weighted by Crippen LogP contribution is 2.27. The zero-order chi connectivity index (χ0) is 17.8. The molecule has 0 saturated heterocycles. The maximum Gasteiger partial charge on any atom is 0.228 e. The third-order valence-electron chi connectivity index (χ3n) is 4.48. The molecule has 0 aliphatic carbocycles. The molecule has 0 atom stereocenters. The Kier molecular flexibility index (Phi) is 5.12. The van der Waals surface area contributed by atoms with Crippen LogP contribution in [0.4, 0.5) is 15.8 Å². The number of para-hydroxylation sites is 2. The van der Waals surface area contributed by atoms with Crippen LogP contribution in [0.2, 0.25) is 0 Å². The second kappa shape index (κ2) is 7.47. The normalized spacial score (nSPS) is 13.3. The first-order valence-corrected chi connectivity index (χ1v) is 8.49. The number of aryl methyl sites for hydroxylation is 1. The number of anilines is 2. The van der Waals surface area contributed by atoms with E-state index in [0.29, 0.717) is 6.54 Å². The highest BCUT2D eigenvalue weighted by molar-refractivity contribution is 5.97. The first kappa shape index (κ1) is 17.1. The summed E-state index contributed by atoms with van der Waals surface area (Å²) in [4.78, 5) is 27.7. The minimum atomic E-state index is -0.464. The largest absolute Gasteiger partial charge is 0.312 e. The lowest BCUT2D eigenvalue weighted by Crippen LogP contribution is -2.39. The van der Waals surface area contributed by atoms with E-state index < -0.39 is 5.82 Å². The number of hydrogen-bond donors (Lipinski definition) is 0. The van der Waals surface area contributed by atoms with Gasteiger partial charge in [-0.1, -0.05) is 30.3 Å². The second-order valence-corrected chi connectivity index (χ2v) is 6.15. The van der Waals surface area contributed by atoms with Gasteiger partial charge in [-0.3, -0.25) is 9.59 Å². The van der Waals surface area contributed by atoms with Gasteiger partial charge in [-0.25, -0.2) is 4.39 Å². The van der Waals surface area contributed by atoms with Crippen molar-refractivity contribution in [3.05, 3.63) is 59.9 Å². The number of amides is 2. The summed E-state index contributed by atoms with van der Waals surface area (Å²) in [5, 5.41) is 0. The minimum absolute atomic E-state index is 0.0465. The number of fused-ring (bicyclic) bond motifs is 1. The molecule has 0 radical (unpaired) electrons. The molecule has 1 aliphatic heterocycles. The fourth-order valence-electron chi connectivity index (χ4n) is 3.25. The van der Waals surface area contributed by atoms with Crippen molar-refractivity contribution in [2.45, 2.75) is 26.2 Å². The van der Waals surface area contributed by atoms with E-state index in [1.54, 1.807) is 23.1 Å². The van der Waals surface area contributed by atoms with Crippen LogP contribution in [0, 0.1) is 5.82 Å². The van der Waals surface area contributed by atoms with Crippen LogP contribution in [0.1, 0.15) is 25.3 Å². The van der Waals surface area contributed by atoms with Gasteiger partial charge in [-0.2, -0.15) is 0 Å². The SMILES string of the molecule is CC(=O)N(CCC(=O)N1CCCc2ccccc21)c1ccccc1F. The smallest absolute Gasteiger partial charge is 0.228 e. The van der Waals surface area contributed by atoms with Crippen molar-refractivity contribution in [3.8, 4) is 0 Å². The van der Waals surface area contributed by atoms with Crippen LogP contribution in [0.15, 0.2) is 48.5 Å². The highest BCUT2D eigenvalue weighted by atomic mass is 19.1. The molecule has 0 bridgehead atoms. The minimum Gasteiger partial charge on any atom is -0.312 e. The Morgan fingerprint density at radius 3 is 2.60 bits per heavy atom. The van der Waals surface area contributed by atoms with E-state index in [1.165, 1.54) is 23.5 Å². The third kappa shape index (κ3) is 3.71. The molecule has 0 fully saturated rings. The number of halogens is 1. The van der Waals surface area contributed by atoms with Crippen molar-refractivity contribution in [3.63, 3.8) is 0 Å². The molecule has 130 valence electrons. The van der Waals surface area contributed by atoms with E-state index in [-0.39, 0.29) is 30.5 Å². The van der Waals surface area contributed by atoms with Crippen LogP contribution in [0.3, 0.4) is 0 Å². The van der Waals surface area contributed by atoms with Gasteiger partial charge in [0.05, 0.1) is 5.69 Å². The molecule has 1 heterocycles. The molecule has 0 N–H and O–H groups in total. The highest BCUT2D eigenvalue weighted by Gasteiger charge is 2.23. The van der Waals surface area contributed by atoms with Gasteiger partial charge in [0.1, 0.15) is 5.82 Å². The molecule has 25 heavy (non-hydrogen) atoms. The molecule has 0 saturated carbocycles. The molecule has 4 nitrogen and oxygen atoms in total. The number of carbonyl (C=O) groups excluding carboxylic acids is 2. The standard InChI is InChI=1S/C20H21FN2O2/c1-15(24)22(19-11-5-3-9-17(19)21)14-12-20(25)23-13-6-8-16-7-2-4-10-18(16)23/h2-5,7,9-11H,6,8,12-14H2,1H3. The van der Waals surface area contributed by atoms with E-state index in [1.807, 2.05) is 24.3 Å². The predicted molar refractivity (Wildman–Crippen MR) is 96.2 cm³/mol. The summed E-state index contributed by atoms with van der Waals surface area (Å²) >= 11 is 0. The lowest BCUT2D eigenvalue weighted by atomic mass is 10.0. The molecular weight excluding hydrogens is 319 g/mol. The predicted octanol–water partition coefficient (Wildman–Crippen LogP) is 3.55. The van der Waals surface area contributed by atoms with Crippen LogP contribution < -0.4 is 9.80 Å². The number of rotatable bonds is 4. The quantitative estimate of drug-likeness (QED) is 0.854. The summed E-state index contributed by atoms with van der Waals surface area (Å²) in [5.74, 6) is -0.792. The molecule has 0 aromatic heterocycles. The van der Waals surface area contributed by atoms with Gasteiger partial charge in [-0.15, -0.1) is 0 Å². The van der Waals surface area contributed by atoms with Crippen molar-refractivity contribution in [2.24, 2.45) is 0 Å². The molecule has 0 unspecified atom stereocenters. The Morgan fingerprint density at radius 2 is 1.84 bits per heavy atom. The van der Waals surface area contributed by atoms with Crippen LogP contribution in [0.25, 0.3) is 0 Å². The average Bonchev–Trinajstić information content (AvgIpc) is 2.62. The summed E-state index contributed by atoms with van der Waals surface area (Å²) in [7, 11) is 0. The topological polar surface area (TPSA) is 40.6 Å². The zero-order valence-electron chi connectivity index (χ0n) is 14.2. The Labute approximate surface area is 146 Å². The lowest BCUT2D eigenvalue weighted by molar-refractivity contribution is -0.118. The molecule has 3 rings (SSSR count). The Balaban J connectivity index is 1.73. The van der Waals surface area contributed by atoms with Crippen LogP contribution in [0.5, 0.6) is 0 Å². The fraction of sp³-hybridized carbons (Fsp3) is 0.300. The second-order valence-electron chi connectivity index (χ2n) is 6.15. The van der Waals surface area contributed by atoms with E-state index in [0.717, 1.165) is 18.5 Å². The van der Waals surface area contributed by atoms with Crippen molar-refractivity contribution in [1.29, 1.82) is 0 Å². The number of nitrogens with zero attached hydrogens (tertiary/aromatic N) is 2. The summed E-state index contributed by atoms with van der Waals surface area (Å²) in [6.45, 7) is 2.22. The van der Waals surface area contributed by atoms with Gasteiger partial charge >= 0.3 is 0 Å². The summed E-state index contributed by atoms with van der Waals surface area (Å²) in [6, 6.07) is 14.0. The van der Waals surface area contributed by atoms with E-state index in [2.05, 4.69) is 0 Å². The third-order valence-corrected chi connectivity index (χ3v) is 4.48. The van der Waals surface area contributed by atoms with Crippen molar-refractivity contribution >= 4 is 23.2 Å². The van der Waals surface area contributed by atoms with Crippen LogP contribution >= 0.6 is 0 Å².